The van der Waals surface area contributed by atoms with Crippen molar-refractivity contribution in [3.63, 3.8) is 0 Å². The molecule has 2 saturated heterocycles. The first-order chi connectivity index (χ1) is 18.5. The van der Waals surface area contributed by atoms with Crippen LogP contribution in [-0.2, 0) is 4.79 Å². The van der Waals surface area contributed by atoms with Crippen molar-refractivity contribution in [2.75, 3.05) is 27.2 Å². The van der Waals surface area contributed by atoms with E-state index in [1.807, 2.05) is 25.1 Å². The van der Waals surface area contributed by atoms with Gasteiger partial charge in [0, 0.05) is 50.4 Å². The maximum Gasteiger partial charge on any atom is 0.222 e. The number of nitriles is 2. The molecule has 0 bridgehead atoms. The summed E-state index contributed by atoms with van der Waals surface area (Å²) in [6.07, 6.45) is 3.39. The fourth-order valence-electron chi connectivity index (χ4n) is 3.78. The Hall–Kier alpha value is -3.07. The van der Waals surface area contributed by atoms with E-state index in [1.165, 1.54) is 18.2 Å². The van der Waals surface area contributed by atoms with E-state index in [-0.39, 0.29) is 23.6 Å². The normalized spacial score (nSPS) is 15.3. The maximum absolute atomic E-state index is 12.4. The Balaban J connectivity index is 0.000000229. The lowest BCUT2D eigenvalue weighted by atomic mass is 10.0. The van der Waals surface area contributed by atoms with Crippen LogP contribution in [0.25, 0.3) is 0 Å². The van der Waals surface area contributed by atoms with Crippen LogP contribution in [0.2, 0.25) is 20.1 Å². The van der Waals surface area contributed by atoms with Crippen LogP contribution in [0.4, 0.5) is 0 Å². The summed E-state index contributed by atoms with van der Waals surface area (Å²) >= 11 is 23.1. The molecule has 0 aromatic heterocycles. The third-order valence-electron chi connectivity index (χ3n) is 5.97. The minimum Gasteiger partial charge on any atom is -0.377 e. The van der Waals surface area contributed by atoms with Gasteiger partial charge in [-0.25, -0.2) is 0 Å². The molecule has 0 radical (unpaired) electrons. The molecule has 0 atom stereocenters. The zero-order chi connectivity index (χ0) is 29.1. The molecule has 2 aromatic rings. The van der Waals surface area contributed by atoms with Crippen molar-refractivity contribution < 1.29 is 14.4 Å². The largest absolute Gasteiger partial charge is 0.377 e. The van der Waals surface area contributed by atoms with Crippen molar-refractivity contribution in [1.82, 2.24) is 9.80 Å². The smallest absolute Gasteiger partial charge is 0.222 e. The molecule has 0 N–H and O–H groups in total. The topological polar surface area (TPSA) is 105 Å². The molecule has 0 spiro atoms. The van der Waals surface area contributed by atoms with Crippen LogP contribution in [-0.4, -0.2) is 54.5 Å². The molecule has 4 rings (SSSR count). The van der Waals surface area contributed by atoms with Crippen molar-refractivity contribution in [2.24, 2.45) is 0 Å². The summed E-state index contributed by atoms with van der Waals surface area (Å²) in [5.41, 5.74) is 1.80. The molecule has 204 valence electrons. The van der Waals surface area contributed by atoms with Crippen LogP contribution in [0.3, 0.4) is 0 Å². The second-order valence-electron chi connectivity index (χ2n) is 8.72. The van der Waals surface area contributed by atoms with Gasteiger partial charge in [-0.05, 0) is 55.7 Å². The molecule has 2 fully saturated rings. The number of nitrogens with zero attached hydrogens (tertiary/aromatic N) is 4. The summed E-state index contributed by atoms with van der Waals surface area (Å²) in [6, 6.07) is 13.0. The monoisotopic (exact) mass is 606 g/mol. The van der Waals surface area contributed by atoms with E-state index in [4.69, 9.17) is 51.7 Å². The highest BCUT2D eigenvalue weighted by molar-refractivity contribution is 6.42. The number of Topliss-reactive ketones (excluding diaryl/α,β-unsaturated/α-hetero) is 2. The van der Waals surface area contributed by atoms with Crippen LogP contribution in [0, 0.1) is 22.7 Å². The van der Waals surface area contributed by atoms with Crippen LogP contribution >= 0.6 is 46.4 Å². The van der Waals surface area contributed by atoms with Crippen molar-refractivity contribution in [1.29, 1.82) is 10.5 Å². The number of amides is 1. The van der Waals surface area contributed by atoms with E-state index in [0.717, 1.165) is 44.5 Å². The Morgan fingerprint density at radius 3 is 1.77 bits per heavy atom. The summed E-state index contributed by atoms with van der Waals surface area (Å²) in [5.74, 6) is -0.258. The Morgan fingerprint density at radius 2 is 1.36 bits per heavy atom. The van der Waals surface area contributed by atoms with Gasteiger partial charge in [0.05, 0.1) is 32.6 Å². The minimum absolute atomic E-state index is 0.141. The number of allylic oxidation sites excluding steroid dienone is 2. The molecule has 0 saturated carbocycles. The van der Waals surface area contributed by atoms with E-state index >= 15 is 0 Å². The number of likely N-dealkylation sites (tertiary alicyclic amines) is 2. The van der Waals surface area contributed by atoms with Crippen molar-refractivity contribution in [3.05, 3.63) is 78.9 Å². The Morgan fingerprint density at radius 1 is 0.821 bits per heavy atom. The van der Waals surface area contributed by atoms with Gasteiger partial charge in [0.2, 0.25) is 11.7 Å². The van der Waals surface area contributed by atoms with Crippen LogP contribution < -0.4 is 0 Å². The molecule has 7 nitrogen and oxygen atoms in total. The number of rotatable bonds is 4. The lowest BCUT2D eigenvalue weighted by molar-refractivity contribution is -0.126. The molecule has 1 amide bonds. The summed E-state index contributed by atoms with van der Waals surface area (Å²) in [5, 5.41) is 19.0. The summed E-state index contributed by atoms with van der Waals surface area (Å²) in [4.78, 5) is 37.8. The predicted octanol–water partition coefficient (Wildman–Crippen LogP) is 7.01. The molecule has 0 aliphatic carbocycles. The van der Waals surface area contributed by atoms with Crippen molar-refractivity contribution >= 4 is 63.9 Å². The third-order valence-corrected chi connectivity index (χ3v) is 7.45. The number of hydrogen-bond acceptors (Lipinski definition) is 6. The average molecular weight is 608 g/mol. The van der Waals surface area contributed by atoms with Gasteiger partial charge in [0.15, 0.2) is 5.78 Å². The van der Waals surface area contributed by atoms with Crippen LogP contribution in [0.1, 0.15) is 52.8 Å². The van der Waals surface area contributed by atoms with Gasteiger partial charge in [-0.15, -0.1) is 0 Å². The van der Waals surface area contributed by atoms with Gasteiger partial charge < -0.3 is 9.80 Å². The quantitative estimate of drug-likeness (QED) is 0.210. The van der Waals surface area contributed by atoms with E-state index in [1.54, 1.807) is 29.2 Å². The zero-order valence-electron chi connectivity index (χ0n) is 21.4. The second kappa shape index (κ2) is 15.5. The molecule has 2 heterocycles. The van der Waals surface area contributed by atoms with Crippen LogP contribution in [0.15, 0.2) is 47.7 Å². The minimum atomic E-state index is -0.301. The van der Waals surface area contributed by atoms with Gasteiger partial charge in [-0.2, -0.15) is 10.5 Å². The van der Waals surface area contributed by atoms with E-state index < -0.39 is 0 Å². The standard InChI is InChI=1S/C14H12Cl2N2O.C9H5Cl2NO.C5H9NO/c1-18-6-2-3-13(18)10(8-17)14(19)9-4-5-11(15)12(16)7-9;10-7-2-1-6(5-8(7)11)9(13)3-4-12;1-6-4-2-3-5(6)7/h4-5,7H,2-3,6H2,1H3;1-2,5H,3H2;2-4H2,1H3/b13-10-;;. The second-order valence-corrected chi connectivity index (χ2v) is 10.4. The first-order valence-corrected chi connectivity index (χ1v) is 13.4. The number of hydrogen-bond donors (Lipinski definition) is 0. The molecule has 11 heteroatoms. The molecular weight excluding hydrogens is 582 g/mol. The first kappa shape index (κ1) is 32.1. The SMILES string of the molecule is CN1CCC/C1=C(\C#N)C(=O)c1ccc(Cl)c(Cl)c1.CN1CCCC1=O.N#CCC(=O)c1ccc(Cl)c(Cl)c1. The number of carbonyl (C=O) groups excluding carboxylic acids is 3. The molecule has 39 heavy (non-hydrogen) atoms. The first-order valence-electron chi connectivity index (χ1n) is 11.9. The highest BCUT2D eigenvalue weighted by atomic mass is 35.5. The fraction of sp³-hybridized carbons (Fsp3) is 0.321. The van der Waals surface area contributed by atoms with Gasteiger partial charge in [-0.3, -0.25) is 14.4 Å². The van der Waals surface area contributed by atoms with E-state index in [0.29, 0.717) is 37.1 Å². The number of carbonyl (C=O) groups is 3. The van der Waals surface area contributed by atoms with Crippen molar-refractivity contribution in [2.45, 2.75) is 32.1 Å². The average Bonchev–Trinajstić information content (AvgIpc) is 3.50. The molecule has 0 unspecified atom stereocenters. The summed E-state index contributed by atoms with van der Waals surface area (Å²) < 4.78 is 0. The van der Waals surface area contributed by atoms with Gasteiger partial charge in [0.25, 0.3) is 0 Å². The lowest BCUT2D eigenvalue weighted by Crippen LogP contribution is -2.17. The number of halogens is 4. The highest BCUT2D eigenvalue weighted by Crippen LogP contribution is 2.27. The highest BCUT2D eigenvalue weighted by Gasteiger charge is 2.23. The summed E-state index contributed by atoms with van der Waals surface area (Å²) in [6.45, 7) is 1.83. The van der Waals surface area contributed by atoms with Crippen molar-refractivity contribution in [3.8, 4) is 12.1 Å². The molecular formula is C28H26Cl4N4O3. The van der Waals surface area contributed by atoms with E-state index in [2.05, 4.69) is 0 Å². The summed E-state index contributed by atoms with van der Waals surface area (Å²) in [7, 11) is 3.73. The van der Waals surface area contributed by atoms with Gasteiger partial charge in [-0.1, -0.05) is 46.4 Å². The maximum atomic E-state index is 12.4. The fourth-order valence-corrected chi connectivity index (χ4v) is 4.38. The van der Waals surface area contributed by atoms with Gasteiger partial charge >= 0.3 is 0 Å². The Labute approximate surface area is 248 Å². The Kier molecular flexibility index (Phi) is 12.8. The van der Waals surface area contributed by atoms with Gasteiger partial charge in [0.1, 0.15) is 11.6 Å². The molecule has 2 aliphatic heterocycles. The number of benzene rings is 2. The molecule has 2 aromatic carbocycles. The third kappa shape index (κ3) is 9.27. The predicted molar refractivity (Wildman–Crippen MR) is 153 cm³/mol. The van der Waals surface area contributed by atoms with Crippen LogP contribution in [0.5, 0.6) is 0 Å². The molecule has 2 aliphatic rings. The zero-order valence-corrected chi connectivity index (χ0v) is 24.5. The number of ketones is 2. The lowest BCUT2D eigenvalue weighted by Gasteiger charge is -2.14. The Bertz CT molecular complexity index is 1360. The van der Waals surface area contributed by atoms with E-state index in [9.17, 15) is 19.6 Å².